The lowest BCUT2D eigenvalue weighted by atomic mass is 10.1. The topological polar surface area (TPSA) is 50.1 Å². The summed E-state index contributed by atoms with van der Waals surface area (Å²) >= 11 is 0. The maximum atomic E-state index is 4.22. The molecule has 1 fully saturated rings. The van der Waals surface area contributed by atoms with Crippen molar-refractivity contribution in [1.29, 1.82) is 0 Å². The molecule has 0 N–H and O–H groups in total. The fourth-order valence-electron chi connectivity index (χ4n) is 3.57. The highest BCUT2D eigenvalue weighted by Crippen LogP contribution is 2.25. The normalized spacial score (nSPS) is 14.3. The van der Waals surface area contributed by atoms with Crippen molar-refractivity contribution in [2.45, 2.75) is 25.9 Å². The standard InChI is InChI=1S/C20H24N6/c1-24(15-17-9-5-6-12-19(17)25-13-7-8-14-25)16-20-21-22-23-26(20)18-10-3-2-4-11-18/h2-6,9-12H,7-8,13-16H2,1H3. The quantitative estimate of drug-likeness (QED) is 0.685. The average Bonchev–Trinajstić information content (AvgIpc) is 3.35. The second-order valence-corrected chi connectivity index (χ2v) is 6.84. The van der Waals surface area contributed by atoms with Crippen LogP contribution < -0.4 is 4.90 Å². The Bertz CT molecular complexity index is 838. The molecule has 3 aromatic rings. The number of hydrogen-bond acceptors (Lipinski definition) is 5. The summed E-state index contributed by atoms with van der Waals surface area (Å²) < 4.78 is 1.81. The molecule has 0 amide bonds. The molecular formula is C20H24N6. The number of benzene rings is 2. The first kappa shape index (κ1) is 16.7. The van der Waals surface area contributed by atoms with Crippen LogP contribution in [0.4, 0.5) is 5.69 Å². The molecule has 26 heavy (non-hydrogen) atoms. The number of rotatable bonds is 6. The molecule has 0 unspecified atom stereocenters. The van der Waals surface area contributed by atoms with Crippen LogP contribution in [0, 0.1) is 0 Å². The second-order valence-electron chi connectivity index (χ2n) is 6.84. The van der Waals surface area contributed by atoms with E-state index in [0.717, 1.165) is 31.1 Å². The van der Waals surface area contributed by atoms with E-state index in [-0.39, 0.29) is 0 Å². The summed E-state index contributed by atoms with van der Waals surface area (Å²) in [4.78, 5) is 4.76. The molecule has 134 valence electrons. The Kier molecular flexibility index (Phi) is 4.93. The van der Waals surface area contributed by atoms with E-state index in [0.29, 0.717) is 6.54 Å². The zero-order chi connectivity index (χ0) is 17.8. The molecular weight excluding hydrogens is 324 g/mol. The van der Waals surface area contributed by atoms with Gasteiger partial charge in [0, 0.05) is 25.3 Å². The molecule has 1 aliphatic heterocycles. The smallest absolute Gasteiger partial charge is 0.170 e. The molecule has 0 aliphatic carbocycles. The average molecular weight is 348 g/mol. The van der Waals surface area contributed by atoms with Crippen LogP contribution in [0.2, 0.25) is 0 Å². The van der Waals surface area contributed by atoms with Gasteiger partial charge in [0.05, 0.1) is 12.2 Å². The van der Waals surface area contributed by atoms with E-state index in [9.17, 15) is 0 Å². The first-order chi connectivity index (χ1) is 12.8. The maximum Gasteiger partial charge on any atom is 0.170 e. The predicted octanol–water partition coefficient (Wildman–Crippen LogP) is 2.89. The van der Waals surface area contributed by atoms with Gasteiger partial charge in [-0.15, -0.1) is 5.10 Å². The van der Waals surface area contributed by atoms with E-state index >= 15 is 0 Å². The summed E-state index contributed by atoms with van der Waals surface area (Å²) in [5.41, 5.74) is 3.70. The van der Waals surface area contributed by atoms with Crippen LogP contribution in [0.3, 0.4) is 0 Å². The zero-order valence-electron chi connectivity index (χ0n) is 15.1. The zero-order valence-corrected chi connectivity index (χ0v) is 15.1. The lowest BCUT2D eigenvalue weighted by molar-refractivity contribution is 0.307. The summed E-state index contributed by atoms with van der Waals surface area (Å²) in [5, 5.41) is 12.2. The molecule has 0 radical (unpaired) electrons. The minimum Gasteiger partial charge on any atom is -0.371 e. The van der Waals surface area contributed by atoms with Crippen LogP contribution >= 0.6 is 0 Å². The van der Waals surface area contributed by atoms with E-state index in [1.165, 1.54) is 24.1 Å². The van der Waals surface area contributed by atoms with Crippen molar-refractivity contribution < 1.29 is 0 Å². The summed E-state index contributed by atoms with van der Waals surface area (Å²) in [7, 11) is 2.12. The van der Waals surface area contributed by atoms with Gasteiger partial charge in [0.25, 0.3) is 0 Å². The van der Waals surface area contributed by atoms with Crippen molar-refractivity contribution in [1.82, 2.24) is 25.1 Å². The third-order valence-corrected chi connectivity index (χ3v) is 4.82. The van der Waals surface area contributed by atoms with Gasteiger partial charge in [0.2, 0.25) is 0 Å². The number of tetrazole rings is 1. The van der Waals surface area contributed by atoms with E-state index < -0.39 is 0 Å². The summed E-state index contributed by atoms with van der Waals surface area (Å²) in [6.07, 6.45) is 2.58. The van der Waals surface area contributed by atoms with Gasteiger partial charge in [0.15, 0.2) is 5.82 Å². The number of nitrogens with zero attached hydrogens (tertiary/aromatic N) is 6. The van der Waals surface area contributed by atoms with Crippen LogP contribution in [-0.2, 0) is 13.1 Å². The number of anilines is 1. The van der Waals surface area contributed by atoms with Crippen LogP contribution in [0.5, 0.6) is 0 Å². The Morgan fingerprint density at radius 3 is 2.46 bits per heavy atom. The van der Waals surface area contributed by atoms with Crippen LogP contribution in [0.15, 0.2) is 54.6 Å². The fraction of sp³-hybridized carbons (Fsp3) is 0.350. The monoisotopic (exact) mass is 348 g/mol. The van der Waals surface area contributed by atoms with Crippen molar-refractivity contribution in [2.24, 2.45) is 0 Å². The molecule has 2 heterocycles. The molecule has 1 aromatic heterocycles. The summed E-state index contributed by atoms with van der Waals surface area (Å²) in [6.45, 7) is 3.88. The maximum absolute atomic E-state index is 4.22. The Hall–Kier alpha value is -2.73. The lowest BCUT2D eigenvalue weighted by Gasteiger charge is -2.24. The van der Waals surface area contributed by atoms with Gasteiger partial charge in [-0.3, -0.25) is 4.90 Å². The second kappa shape index (κ2) is 7.66. The molecule has 6 nitrogen and oxygen atoms in total. The van der Waals surface area contributed by atoms with Gasteiger partial charge >= 0.3 is 0 Å². The van der Waals surface area contributed by atoms with Crippen molar-refractivity contribution >= 4 is 5.69 Å². The van der Waals surface area contributed by atoms with E-state index in [4.69, 9.17) is 0 Å². The van der Waals surface area contributed by atoms with Crippen LogP contribution in [-0.4, -0.2) is 45.2 Å². The summed E-state index contributed by atoms with van der Waals surface area (Å²) in [5.74, 6) is 0.845. The molecule has 1 saturated heterocycles. The van der Waals surface area contributed by atoms with E-state index in [1.807, 2.05) is 35.0 Å². The van der Waals surface area contributed by atoms with Gasteiger partial charge in [-0.2, -0.15) is 4.68 Å². The molecule has 0 bridgehead atoms. The van der Waals surface area contributed by atoms with Crippen LogP contribution in [0.25, 0.3) is 5.69 Å². The highest BCUT2D eigenvalue weighted by Gasteiger charge is 2.17. The van der Waals surface area contributed by atoms with Crippen molar-refractivity contribution in [3.63, 3.8) is 0 Å². The largest absolute Gasteiger partial charge is 0.371 e. The molecule has 6 heteroatoms. The van der Waals surface area contributed by atoms with Crippen LogP contribution in [0.1, 0.15) is 24.2 Å². The number of aromatic nitrogens is 4. The fourth-order valence-corrected chi connectivity index (χ4v) is 3.57. The molecule has 2 aromatic carbocycles. The Labute approximate surface area is 154 Å². The van der Waals surface area contributed by atoms with Crippen molar-refractivity contribution in [3.8, 4) is 5.69 Å². The summed E-state index contributed by atoms with van der Waals surface area (Å²) in [6, 6.07) is 18.7. The predicted molar refractivity (Wildman–Crippen MR) is 102 cm³/mol. The first-order valence-corrected chi connectivity index (χ1v) is 9.15. The van der Waals surface area contributed by atoms with Gasteiger partial charge in [-0.1, -0.05) is 36.4 Å². The minimum atomic E-state index is 0.691. The number of hydrogen-bond donors (Lipinski definition) is 0. The molecule has 0 spiro atoms. The lowest BCUT2D eigenvalue weighted by Crippen LogP contribution is -2.24. The third kappa shape index (κ3) is 3.60. The van der Waals surface area contributed by atoms with Crippen molar-refractivity contribution in [3.05, 3.63) is 66.0 Å². The Morgan fingerprint density at radius 1 is 0.923 bits per heavy atom. The van der Waals surface area contributed by atoms with Gasteiger partial charge in [-0.25, -0.2) is 0 Å². The highest BCUT2D eigenvalue weighted by atomic mass is 15.5. The highest BCUT2D eigenvalue weighted by molar-refractivity contribution is 5.54. The molecule has 1 aliphatic rings. The SMILES string of the molecule is CN(Cc1ccccc1N1CCCC1)Cc1nnnn1-c1ccccc1. The molecule has 4 rings (SSSR count). The Morgan fingerprint density at radius 2 is 1.65 bits per heavy atom. The van der Waals surface area contributed by atoms with Gasteiger partial charge < -0.3 is 4.90 Å². The van der Waals surface area contributed by atoms with E-state index in [2.05, 4.69) is 56.6 Å². The molecule has 0 atom stereocenters. The minimum absolute atomic E-state index is 0.691. The third-order valence-electron chi connectivity index (χ3n) is 4.82. The Balaban J connectivity index is 1.49. The number of para-hydroxylation sites is 2. The van der Waals surface area contributed by atoms with Crippen molar-refractivity contribution in [2.75, 3.05) is 25.0 Å². The molecule has 0 saturated carbocycles. The first-order valence-electron chi connectivity index (χ1n) is 9.15. The van der Waals surface area contributed by atoms with Gasteiger partial charge in [-0.05, 0) is 54.1 Å². The van der Waals surface area contributed by atoms with E-state index in [1.54, 1.807) is 0 Å². The van der Waals surface area contributed by atoms with Gasteiger partial charge in [0.1, 0.15) is 0 Å².